The molecule has 3 heterocycles. The smallest absolute Gasteiger partial charge is 0.246 e. The summed E-state index contributed by atoms with van der Waals surface area (Å²) in [6, 6.07) is 25.1. The van der Waals surface area contributed by atoms with E-state index in [1.807, 2.05) is 57.5 Å². The largest absolute Gasteiger partial charge is 0.508 e. The topological polar surface area (TPSA) is 195 Å². The molecule has 0 saturated carbocycles. The van der Waals surface area contributed by atoms with Crippen molar-refractivity contribution in [2.75, 3.05) is 66.0 Å². The molecular weight excluding hydrogens is 933 g/mol. The first kappa shape index (κ1) is 51.6. The maximum absolute atomic E-state index is 13.9. The van der Waals surface area contributed by atoms with Crippen LogP contribution in [0.4, 0.5) is 0 Å². The van der Waals surface area contributed by atoms with Crippen LogP contribution in [0.25, 0.3) is 31.0 Å². The van der Waals surface area contributed by atoms with E-state index in [4.69, 9.17) is 23.7 Å². The third-order valence-corrected chi connectivity index (χ3v) is 13.9. The fraction of sp³-hybridized carbons (Fsp3) is 0.377. The fourth-order valence-corrected chi connectivity index (χ4v) is 10.0. The average Bonchev–Trinajstić information content (AvgIpc) is 4.11. The number of thiophene rings is 1. The number of benzene rings is 4. The van der Waals surface area contributed by atoms with Crippen molar-refractivity contribution in [1.29, 1.82) is 0 Å². The summed E-state index contributed by atoms with van der Waals surface area (Å²) in [7, 11) is 0. The first-order valence-corrected chi connectivity index (χ1v) is 25.0. The summed E-state index contributed by atoms with van der Waals surface area (Å²) in [6.07, 6.45) is 1.24. The Bertz CT molecular complexity index is 2700. The number of thiazole rings is 1. The zero-order chi connectivity index (χ0) is 49.6. The average molecular weight is 993 g/mol. The second kappa shape index (κ2) is 24.6. The van der Waals surface area contributed by atoms with E-state index in [1.54, 1.807) is 83.0 Å². The highest BCUT2D eigenvalue weighted by Gasteiger charge is 2.42. The Morgan fingerprint density at radius 3 is 2.03 bits per heavy atom. The van der Waals surface area contributed by atoms with Gasteiger partial charge in [-0.2, -0.15) is 0 Å². The van der Waals surface area contributed by atoms with Crippen LogP contribution in [0.15, 0.2) is 96.5 Å². The number of fused-ring (bicyclic) bond motifs is 1. The number of carbonyl (C=O) groups excluding carboxylic acids is 4. The van der Waals surface area contributed by atoms with Gasteiger partial charge in [0.05, 0.1) is 62.3 Å². The van der Waals surface area contributed by atoms with Crippen molar-refractivity contribution < 1.29 is 53.1 Å². The van der Waals surface area contributed by atoms with Gasteiger partial charge in [0, 0.05) is 39.2 Å². The zero-order valence-electron chi connectivity index (χ0n) is 39.9. The van der Waals surface area contributed by atoms with Crippen LogP contribution in [0, 0.1) is 12.3 Å². The Morgan fingerprint density at radius 1 is 0.771 bits per heavy atom. The number of hydrogen-bond donors (Lipinski definition) is 4. The van der Waals surface area contributed by atoms with Crippen LogP contribution >= 0.6 is 22.7 Å². The molecule has 1 aliphatic rings. The number of phenols is 2. The van der Waals surface area contributed by atoms with Gasteiger partial charge in [-0.3, -0.25) is 19.2 Å². The van der Waals surface area contributed by atoms with E-state index in [-0.39, 0.29) is 48.9 Å². The number of likely N-dealkylation sites (tertiary alicyclic amines) is 1. The molecule has 2 aromatic heterocycles. The first-order valence-electron chi connectivity index (χ1n) is 23.3. The monoisotopic (exact) mass is 992 g/mol. The van der Waals surface area contributed by atoms with Crippen molar-refractivity contribution in [3.05, 3.63) is 119 Å². The van der Waals surface area contributed by atoms with Crippen LogP contribution in [0.1, 0.15) is 60.8 Å². The Labute approximate surface area is 415 Å². The highest BCUT2D eigenvalue weighted by molar-refractivity contribution is 7.22. The molecule has 1 saturated heterocycles. The SMILES string of the molecule is Cc1ncsc1-c1ccc(CNC(=O)[C@@H]2CCCN2C(=O)C(NC(=O)COCCOCCOCCOCCOc2ccc(C(=O)c3c(-c4ccc(O)cc4)sc4cc(O)ccc34)cc2)C(C)(C)C)cc1. The highest BCUT2D eigenvalue weighted by atomic mass is 32.1. The molecule has 1 unspecified atom stereocenters. The first-order chi connectivity index (χ1) is 33.8. The lowest BCUT2D eigenvalue weighted by Crippen LogP contribution is -2.58. The summed E-state index contributed by atoms with van der Waals surface area (Å²) >= 11 is 3.00. The number of aromatic hydroxyl groups is 2. The van der Waals surface area contributed by atoms with Gasteiger partial charge in [0.1, 0.15) is 42.5 Å². The van der Waals surface area contributed by atoms with Crippen LogP contribution in [-0.2, 0) is 39.9 Å². The molecule has 70 heavy (non-hydrogen) atoms. The second-order valence-electron chi connectivity index (χ2n) is 17.9. The van der Waals surface area contributed by atoms with E-state index in [0.29, 0.717) is 82.4 Å². The maximum atomic E-state index is 13.9. The minimum Gasteiger partial charge on any atom is -0.508 e. The predicted molar refractivity (Wildman–Crippen MR) is 269 cm³/mol. The number of phenolic OH excluding ortho intramolecular Hbond substituents is 2. The minimum atomic E-state index is -0.854. The van der Waals surface area contributed by atoms with Gasteiger partial charge in [0.15, 0.2) is 5.78 Å². The van der Waals surface area contributed by atoms with Crippen molar-refractivity contribution in [1.82, 2.24) is 20.5 Å². The number of nitrogens with zero attached hydrogens (tertiary/aromatic N) is 2. The number of carbonyl (C=O) groups is 4. The molecule has 0 spiro atoms. The van der Waals surface area contributed by atoms with Gasteiger partial charge in [0.2, 0.25) is 17.7 Å². The lowest BCUT2D eigenvalue weighted by Gasteiger charge is -2.35. The van der Waals surface area contributed by atoms with E-state index in [2.05, 4.69) is 15.6 Å². The van der Waals surface area contributed by atoms with Crippen molar-refractivity contribution in [2.24, 2.45) is 5.41 Å². The summed E-state index contributed by atoms with van der Waals surface area (Å²) in [5, 5.41) is 26.5. The third-order valence-electron chi connectivity index (χ3n) is 11.7. The van der Waals surface area contributed by atoms with Gasteiger partial charge in [-0.15, -0.1) is 22.7 Å². The van der Waals surface area contributed by atoms with Gasteiger partial charge >= 0.3 is 0 Å². The third kappa shape index (κ3) is 13.8. The van der Waals surface area contributed by atoms with Crippen LogP contribution in [0.5, 0.6) is 17.2 Å². The minimum absolute atomic E-state index is 0.118. The quantitative estimate of drug-likeness (QED) is 0.0339. The molecule has 17 heteroatoms. The summed E-state index contributed by atoms with van der Waals surface area (Å²) in [5.74, 6) is -0.268. The van der Waals surface area contributed by atoms with Gasteiger partial charge in [-0.25, -0.2) is 4.98 Å². The number of rotatable bonds is 24. The highest BCUT2D eigenvalue weighted by Crippen LogP contribution is 2.41. The summed E-state index contributed by atoms with van der Waals surface area (Å²) < 4.78 is 28.9. The fourth-order valence-electron chi connectivity index (χ4n) is 8.00. The molecule has 370 valence electrons. The van der Waals surface area contributed by atoms with Crippen LogP contribution in [-0.4, -0.2) is 122 Å². The number of ketones is 1. The Balaban J connectivity index is 0.731. The summed E-state index contributed by atoms with van der Waals surface area (Å²) in [6.45, 7) is 10.6. The molecule has 6 aromatic rings. The normalized spacial score (nSPS) is 14.2. The van der Waals surface area contributed by atoms with Crippen LogP contribution in [0.3, 0.4) is 0 Å². The Hall–Kier alpha value is -6.21. The van der Waals surface area contributed by atoms with Crippen molar-refractivity contribution in [2.45, 2.75) is 59.2 Å². The van der Waals surface area contributed by atoms with E-state index in [9.17, 15) is 29.4 Å². The van der Waals surface area contributed by atoms with Crippen LogP contribution in [0.2, 0.25) is 0 Å². The number of nitrogens with one attached hydrogen (secondary N) is 2. The molecule has 3 amide bonds. The lowest BCUT2D eigenvalue weighted by atomic mass is 9.85. The van der Waals surface area contributed by atoms with Gasteiger partial charge in [0.25, 0.3) is 0 Å². The van der Waals surface area contributed by atoms with Gasteiger partial charge in [-0.05, 0) is 109 Å². The van der Waals surface area contributed by atoms with E-state index < -0.39 is 23.4 Å². The van der Waals surface area contributed by atoms with Crippen molar-refractivity contribution >= 4 is 56.3 Å². The van der Waals surface area contributed by atoms with Gasteiger partial charge in [-0.1, -0.05) is 45.0 Å². The summed E-state index contributed by atoms with van der Waals surface area (Å²) in [4.78, 5) is 61.8. The lowest BCUT2D eigenvalue weighted by molar-refractivity contribution is -0.144. The molecule has 4 N–H and O–H groups in total. The Kier molecular flexibility index (Phi) is 18.1. The molecule has 0 aliphatic carbocycles. The number of hydrogen-bond acceptors (Lipinski definition) is 14. The Morgan fingerprint density at radius 2 is 1.39 bits per heavy atom. The predicted octanol–water partition coefficient (Wildman–Crippen LogP) is 7.93. The van der Waals surface area contributed by atoms with E-state index in [0.717, 1.165) is 42.2 Å². The molecule has 0 radical (unpaired) electrons. The van der Waals surface area contributed by atoms with E-state index in [1.165, 1.54) is 11.3 Å². The second-order valence-corrected chi connectivity index (χ2v) is 19.8. The van der Waals surface area contributed by atoms with Crippen LogP contribution < -0.4 is 15.4 Å². The number of aromatic nitrogens is 1. The number of ether oxygens (including phenoxy) is 5. The molecule has 0 bridgehead atoms. The molecule has 4 aromatic carbocycles. The molecule has 1 fully saturated rings. The molecule has 1 aliphatic heterocycles. The van der Waals surface area contributed by atoms with Crippen molar-refractivity contribution in [3.8, 4) is 38.1 Å². The molecule has 15 nitrogen and oxygen atoms in total. The van der Waals surface area contributed by atoms with E-state index >= 15 is 0 Å². The van der Waals surface area contributed by atoms with Gasteiger partial charge < -0.3 is 49.4 Å². The van der Waals surface area contributed by atoms with Crippen molar-refractivity contribution in [3.63, 3.8) is 0 Å². The number of amides is 3. The maximum Gasteiger partial charge on any atom is 0.246 e. The molecular formula is C53H60N4O11S2. The molecule has 2 atom stereocenters. The summed E-state index contributed by atoms with van der Waals surface area (Å²) in [5.41, 5.74) is 6.03. The standard InChI is InChI=1S/C53H60N4O11S2/c1-34-48(69-33-55-34)37-9-7-35(8-10-37)31-54-51(62)43-6-5-21-57(43)52(63)50(53(2,3)4)56-45(60)32-67-27-26-65-23-22-64-24-25-66-28-29-68-41-18-13-36(14-19-41)47(61)46-42-20-17-40(59)30-44(42)70-49(46)38-11-15-39(58)16-12-38/h7-20,30,33,43,50,58-59H,5-6,21-29,31-32H2,1-4H3,(H,54,62)(H,56,60)/t43-,50?/m0/s1. The molecule has 7 rings (SSSR count). The zero-order valence-corrected chi connectivity index (χ0v) is 41.5. The number of aryl methyl sites for hydroxylation is 1.